The Kier molecular flexibility index (Phi) is 5.38. The first-order valence-electron chi connectivity index (χ1n) is 9.89. The Morgan fingerprint density at radius 3 is 2.72 bits per heavy atom. The number of nitrogens with one attached hydrogen (secondary N) is 1. The van der Waals surface area contributed by atoms with Crippen LogP contribution in [0.25, 0.3) is 22.0 Å². The molecule has 0 saturated heterocycles. The van der Waals surface area contributed by atoms with E-state index >= 15 is 0 Å². The average Bonchev–Trinajstić information content (AvgIpc) is 3.53. The summed E-state index contributed by atoms with van der Waals surface area (Å²) in [5.41, 5.74) is 2.34. The van der Waals surface area contributed by atoms with Gasteiger partial charge in [0.2, 0.25) is 5.91 Å². The first kappa shape index (κ1) is 19.2. The predicted octanol–water partition coefficient (Wildman–Crippen LogP) is 3.95. The van der Waals surface area contributed by atoms with Crippen molar-refractivity contribution in [2.24, 2.45) is 5.92 Å². The van der Waals surface area contributed by atoms with Crippen molar-refractivity contribution in [3.8, 4) is 11.1 Å². The number of carbonyl (C=O) groups is 1. The van der Waals surface area contributed by atoms with Crippen LogP contribution in [-0.4, -0.2) is 26.6 Å². The van der Waals surface area contributed by atoms with Crippen LogP contribution in [0.1, 0.15) is 32.6 Å². The van der Waals surface area contributed by atoms with Crippen molar-refractivity contribution in [2.75, 3.05) is 5.32 Å². The maximum Gasteiger partial charge on any atom is 0.261 e. The van der Waals surface area contributed by atoms with Gasteiger partial charge in [0.15, 0.2) is 0 Å². The fourth-order valence-electron chi connectivity index (χ4n) is 3.22. The van der Waals surface area contributed by atoms with E-state index in [1.807, 2.05) is 24.3 Å². The molecule has 1 aliphatic carbocycles. The molecule has 150 valence electrons. The summed E-state index contributed by atoms with van der Waals surface area (Å²) >= 11 is 0. The molecule has 0 radical (unpaired) electrons. The number of fused-ring (bicyclic) bond motifs is 1. The van der Waals surface area contributed by atoms with Crippen molar-refractivity contribution in [1.82, 2.24) is 14.5 Å². The van der Waals surface area contributed by atoms with Gasteiger partial charge in [-0.25, -0.2) is 14.4 Å². The van der Waals surface area contributed by atoms with E-state index in [0.717, 1.165) is 17.7 Å². The van der Waals surface area contributed by atoms with Gasteiger partial charge >= 0.3 is 0 Å². The second kappa shape index (κ2) is 8.11. The molecule has 6 nitrogen and oxygen atoms in total. The van der Waals surface area contributed by atoms with E-state index in [2.05, 4.69) is 15.3 Å². The Labute approximate surface area is 167 Å². The third-order valence-corrected chi connectivity index (χ3v) is 5.11. The lowest BCUT2D eigenvalue weighted by atomic mass is 10.1. The molecule has 4 rings (SSSR count). The van der Waals surface area contributed by atoms with Crippen LogP contribution in [0.5, 0.6) is 0 Å². The molecule has 1 amide bonds. The van der Waals surface area contributed by atoms with Gasteiger partial charge in [-0.2, -0.15) is 0 Å². The van der Waals surface area contributed by atoms with E-state index in [-0.39, 0.29) is 24.3 Å². The van der Waals surface area contributed by atoms with E-state index in [1.165, 1.54) is 19.8 Å². The van der Waals surface area contributed by atoms with Gasteiger partial charge in [-0.15, -0.1) is 0 Å². The topological polar surface area (TPSA) is 76.9 Å². The van der Waals surface area contributed by atoms with Crippen LogP contribution in [0.2, 0.25) is 0 Å². The van der Waals surface area contributed by atoms with Crippen molar-refractivity contribution < 1.29 is 9.18 Å². The SMILES string of the molecule is CC(F)CCC(=O)Nc1ccc(-c2ccc3ncn(CC4CC4)c(=O)c3c2)cn1. The Hall–Kier alpha value is -3.09. The Bertz CT molecular complexity index is 1090. The first-order chi connectivity index (χ1) is 14.0. The molecule has 0 aliphatic heterocycles. The number of hydrogen-bond donors (Lipinski definition) is 1. The van der Waals surface area contributed by atoms with Gasteiger partial charge in [0.05, 0.1) is 23.4 Å². The molecule has 1 saturated carbocycles. The zero-order valence-electron chi connectivity index (χ0n) is 16.3. The fourth-order valence-corrected chi connectivity index (χ4v) is 3.22. The molecule has 2 heterocycles. The normalized spacial score (nSPS) is 14.7. The van der Waals surface area contributed by atoms with Crippen molar-refractivity contribution in [3.63, 3.8) is 0 Å². The molecule has 0 bridgehead atoms. The van der Waals surface area contributed by atoms with Gasteiger partial charge in [0.25, 0.3) is 5.56 Å². The summed E-state index contributed by atoms with van der Waals surface area (Å²) < 4.78 is 14.5. The number of pyridine rings is 1. The lowest BCUT2D eigenvalue weighted by molar-refractivity contribution is -0.116. The lowest BCUT2D eigenvalue weighted by Gasteiger charge is -2.08. The summed E-state index contributed by atoms with van der Waals surface area (Å²) in [7, 11) is 0. The lowest BCUT2D eigenvalue weighted by Crippen LogP contribution is -2.21. The fraction of sp³-hybridized carbons (Fsp3) is 0.364. The van der Waals surface area contributed by atoms with Crippen molar-refractivity contribution in [1.29, 1.82) is 0 Å². The van der Waals surface area contributed by atoms with Crippen LogP contribution in [0.15, 0.2) is 47.7 Å². The molecule has 1 atom stereocenters. The molecule has 2 aromatic heterocycles. The summed E-state index contributed by atoms with van der Waals surface area (Å²) in [5, 5.41) is 3.25. The van der Waals surface area contributed by atoms with Gasteiger partial charge in [0, 0.05) is 24.7 Å². The molecule has 1 unspecified atom stereocenters. The van der Waals surface area contributed by atoms with Gasteiger partial charge in [-0.05, 0) is 61.9 Å². The Morgan fingerprint density at radius 1 is 1.24 bits per heavy atom. The monoisotopic (exact) mass is 394 g/mol. The number of anilines is 1. The van der Waals surface area contributed by atoms with Crippen LogP contribution in [0, 0.1) is 5.92 Å². The number of alkyl halides is 1. The molecular formula is C22H23FN4O2. The maximum atomic E-state index is 12.8. The molecule has 1 fully saturated rings. The van der Waals surface area contributed by atoms with Crippen LogP contribution in [0.3, 0.4) is 0 Å². The molecule has 3 aromatic rings. The van der Waals surface area contributed by atoms with Crippen LogP contribution >= 0.6 is 0 Å². The molecule has 1 N–H and O–H groups in total. The van der Waals surface area contributed by atoms with Crippen LogP contribution < -0.4 is 10.9 Å². The molecule has 0 spiro atoms. The minimum Gasteiger partial charge on any atom is -0.311 e. The van der Waals surface area contributed by atoms with Crippen LogP contribution in [-0.2, 0) is 11.3 Å². The van der Waals surface area contributed by atoms with E-state index in [0.29, 0.717) is 22.6 Å². The Balaban J connectivity index is 1.53. The second-order valence-corrected chi connectivity index (χ2v) is 7.68. The number of amides is 1. The van der Waals surface area contributed by atoms with E-state index < -0.39 is 6.17 Å². The summed E-state index contributed by atoms with van der Waals surface area (Å²) in [6, 6.07) is 9.11. The van der Waals surface area contributed by atoms with Gasteiger partial charge in [-0.1, -0.05) is 6.07 Å². The minimum absolute atomic E-state index is 0.0253. The number of halogens is 1. The number of benzene rings is 1. The van der Waals surface area contributed by atoms with Gasteiger partial charge in [0.1, 0.15) is 5.82 Å². The molecule has 7 heteroatoms. The number of rotatable bonds is 7. The highest BCUT2D eigenvalue weighted by molar-refractivity contribution is 5.90. The van der Waals surface area contributed by atoms with Crippen molar-refractivity contribution in [3.05, 3.63) is 53.2 Å². The third kappa shape index (κ3) is 4.67. The highest BCUT2D eigenvalue weighted by atomic mass is 19.1. The molecule has 1 aromatic carbocycles. The van der Waals surface area contributed by atoms with E-state index in [1.54, 1.807) is 23.2 Å². The number of nitrogens with zero attached hydrogens (tertiary/aromatic N) is 3. The molecular weight excluding hydrogens is 371 g/mol. The maximum absolute atomic E-state index is 12.8. The van der Waals surface area contributed by atoms with Crippen molar-refractivity contribution >= 4 is 22.6 Å². The standard InChI is InChI=1S/C22H23FN4O2/c1-14(23)2-9-21(28)26-20-8-6-17(11-24-20)16-5-7-19-18(10-16)22(29)27(13-25-19)12-15-3-4-15/h5-8,10-11,13-15H,2-4,9,12H2,1H3,(H,24,26,28). The number of carbonyl (C=O) groups excluding carboxylic acids is 1. The number of hydrogen-bond acceptors (Lipinski definition) is 4. The van der Waals surface area contributed by atoms with Crippen molar-refractivity contribution in [2.45, 2.75) is 45.3 Å². The minimum atomic E-state index is -1.01. The summed E-state index contributed by atoms with van der Waals surface area (Å²) in [5.74, 6) is 0.748. The van der Waals surface area contributed by atoms with Gasteiger partial charge in [-0.3, -0.25) is 14.2 Å². The summed E-state index contributed by atoms with van der Waals surface area (Å²) in [4.78, 5) is 33.3. The summed E-state index contributed by atoms with van der Waals surface area (Å²) in [6.45, 7) is 2.16. The average molecular weight is 394 g/mol. The molecule has 1 aliphatic rings. The van der Waals surface area contributed by atoms with E-state index in [4.69, 9.17) is 0 Å². The smallest absolute Gasteiger partial charge is 0.261 e. The third-order valence-electron chi connectivity index (χ3n) is 5.11. The van der Waals surface area contributed by atoms with E-state index in [9.17, 15) is 14.0 Å². The first-order valence-corrected chi connectivity index (χ1v) is 9.89. The predicted molar refractivity (Wildman–Crippen MR) is 110 cm³/mol. The zero-order chi connectivity index (χ0) is 20.4. The van der Waals surface area contributed by atoms with Crippen LogP contribution in [0.4, 0.5) is 10.2 Å². The zero-order valence-corrected chi connectivity index (χ0v) is 16.3. The summed E-state index contributed by atoms with van der Waals surface area (Å²) in [6.07, 6.45) is 4.92. The quantitative estimate of drug-likeness (QED) is 0.658. The highest BCUT2D eigenvalue weighted by Crippen LogP contribution is 2.30. The van der Waals surface area contributed by atoms with Gasteiger partial charge < -0.3 is 5.32 Å². The second-order valence-electron chi connectivity index (χ2n) is 7.68. The largest absolute Gasteiger partial charge is 0.311 e. The number of aromatic nitrogens is 3. The highest BCUT2D eigenvalue weighted by Gasteiger charge is 2.22. The molecule has 29 heavy (non-hydrogen) atoms. The Morgan fingerprint density at radius 2 is 2.03 bits per heavy atom.